The Hall–Kier alpha value is -0.470. The zero-order valence-corrected chi connectivity index (χ0v) is 11.6. The van der Waals surface area contributed by atoms with Gasteiger partial charge < -0.3 is 9.73 Å². The predicted octanol–water partition coefficient (Wildman–Crippen LogP) is 4.27. The minimum atomic E-state index is 0.330. The number of hydrogen-bond donors (Lipinski definition) is 1. The van der Waals surface area contributed by atoms with Gasteiger partial charge in [-0.1, -0.05) is 20.3 Å². The van der Waals surface area contributed by atoms with Gasteiger partial charge in [-0.25, -0.2) is 0 Å². The maximum atomic E-state index is 6.09. The van der Waals surface area contributed by atoms with Crippen molar-refractivity contribution >= 4 is 11.6 Å². The van der Waals surface area contributed by atoms with Crippen molar-refractivity contribution in [1.82, 2.24) is 5.32 Å². The number of hydrogen-bond acceptors (Lipinski definition) is 2. The molecule has 1 fully saturated rings. The quantitative estimate of drug-likeness (QED) is 0.873. The minimum Gasteiger partial charge on any atom is -0.453 e. The standard InChI is InChI=1S/C14H22ClNO/c1-9-4-5-11(8-10(9)2)13(16-3)12-6-7-17-14(12)15/h6-7,9-11,13,16H,4-5,8H2,1-3H3. The van der Waals surface area contributed by atoms with E-state index >= 15 is 0 Å². The minimum absolute atomic E-state index is 0.330. The lowest BCUT2D eigenvalue weighted by molar-refractivity contribution is 0.174. The molecule has 1 heterocycles. The Balaban J connectivity index is 2.12. The van der Waals surface area contributed by atoms with Crippen LogP contribution in [0.4, 0.5) is 0 Å². The Kier molecular flexibility index (Phi) is 4.16. The molecule has 0 aliphatic heterocycles. The van der Waals surface area contributed by atoms with E-state index in [4.69, 9.17) is 16.0 Å². The van der Waals surface area contributed by atoms with Crippen molar-refractivity contribution in [2.75, 3.05) is 7.05 Å². The summed E-state index contributed by atoms with van der Waals surface area (Å²) < 4.78 is 5.21. The third-order valence-corrected chi connectivity index (χ3v) is 4.71. The highest BCUT2D eigenvalue weighted by molar-refractivity contribution is 6.29. The highest BCUT2D eigenvalue weighted by Crippen LogP contribution is 2.41. The van der Waals surface area contributed by atoms with Crippen LogP contribution in [-0.4, -0.2) is 7.05 Å². The van der Waals surface area contributed by atoms with Gasteiger partial charge in [-0.15, -0.1) is 0 Å². The molecule has 17 heavy (non-hydrogen) atoms. The predicted molar refractivity (Wildman–Crippen MR) is 71.2 cm³/mol. The Labute approximate surface area is 109 Å². The molecule has 0 amide bonds. The fourth-order valence-corrected chi connectivity index (χ4v) is 3.30. The molecule has 0 spiro atoms. The van der Waals surface area contributed by atoms with Crippen molar-refractivity contribution in [3.05, 3.63) is 23.1 Å². The maximum Gasteiger partial charge on any atom is 0.197 e. The van der Waals surface area contributed by atoms with Gasteiger partial charge in [0.15, 0.2) is 5.22 Å². The highest BCUT2D eigenvalue weighted by atomic mass is 35.5. The normalized spacial score (nSPS) is 31.4. The van der Waals surface area contributed by atoms with Gasteiger partial charge in [-0.3, -0.25) is 0 Å². The lowest BCUT2D eigenvalue weighted by Gasteiger charge is -2.36. The Morgan fingerprint density at radius 2 is 2.12 bits per heavy atom. The highest BCUT2D eigenvalue weighted by Gasteiger charge is 2.31. The average molecular weight is 256 g/mol. The molecule has 96 valence electrons. The molecule has 1 saturated carbocycles. The Morgan fingerprint density at radius 1 is 1.35 bits per heavy atom. The van der Waals surface area contributed by atoms with Crippen molar-refractivity contribution in [3.8, 4) is 0 Å². The van der Waals surface area contributed by atoms with E-state index in [9.17, 15) is 0 Å². The molecule has 1 aliphatic rings. The first-order valence-corrected chi connectivity index (χ1v) is 6.91. The first kappa shape index (κ1) is 13.0. The number of furan rings is 1. The van der Waals surface area contributed by atoms with Gasteiger partial charge in [0, 0.05) is 11.6 Å². The third kappa shape index (κ3) is 2.69. The number of nitrogens with one attached hydrogen (secondary N) is 1. The molecular formula is C14H22ClNO. The average Bonchev–Trinajstić information content (AvgIpc) is 2.71. The summed E-state index contributed by atoms with van der Waals surface area (Å²) >= 11 is 6.09. The van der Waals surface area contributed by atoms with Crippen LogP contribution in [0.2, 0.25) is 5.22 Å². The van der Waals surface area contributed by atoms with Crippen LogP contribution in [0.1, 0.15) is 44.7 Å². The topological polar surface area (TPSA) is 25.2 Å². The van der Waals surface area contributed by atoms with Crippen molar-refractivity contribution in [2.45, 2.75) is 39.2 Å². The summed E-state index contributed by atoms with van der Waals surface area (Å²) in [4.78, 5) is 0. The smallest absolute Gasteiger partial charge is 0.197 e. The van der Waals surface area contributed by atoms with Crippen LogP contribution < -0.4 is 5.32 Å². The molecule has 2 rings (SSSR count). The van der Waals surface area contributed by atoms with Crippen molar-refractivity contribution in [3.63, 3.8) is 0 Å². The van der Waals surface area contributed by atoms with E-state index in [0.717, 1.165) is 17.4 Å². The van der Waals surface area contributed by atoms with E-state index in [-0.39, 0.29) is 0 Å². The van der Waals surface area contributed by atoms with Crippen molar-refractivity contribution in [1.29, 1.82) is 0 Å². The van der Waals surface area contributed by atoms with Gasteiger partial charge in [-0.2, -0.15) is 0 Å². The van der Waals surface area contributed by atoms with E-state index in [1.807, 2.05) is 13.1 Å². The molecule has 4 atom stereocenters. The van der Waals surface area contributed by atoms with Gasteiger partial charge in [0.2, 0.25) is 0 Å². The second-order valence-corrected chi connectivity index (χ2v) is 5.79. The summed E-state index contributed by atoms with van der Waals surface area (Å²) in [6.07, 6.45) is 5.54. The summed E-state index contributed by atoms with van der Waals surface area (Å²) in [6.45, 7) is 4.72. The fraction of sp³-hybridized carbons (Fsp3) is 0.714. The van der Waals surface area contributed by atoms with Crippen LogP contribution in [0.25, 0.3) is 0 Å². The Morgan fingerprint density at radius 3 is 2.65 bits per heavy atom. The lowest BCUT2D eigenvalue weighted by atomic mass is 9.72. The molecule has 0 radical (unpaired) electrons. The molecule has 1 N–H and O–H groups in total. The molecule has 0 saturated heterocycles. The maximum absolute atomic E-state index is 6.09. The number of halogens is 1. The molecule has 1 aromatic rings. The lowest BCUT2D eigenvalue weighted by Crippen LogP contribution is -2.31. The molecule has 1 aromatic heterocycles. The first-order chi connectivity index (χ1) is 8.13. The van der Waals surface area contributed by atoms with Crippen molar-refractivity contribution in [2.24, 2.45) is 17.8 Å². The first-order valence-electron chi connectivity index (χ1n) is 6.53. The second-order valence-electron chi connectivity index (χ2n) is 5.44. The molecule has 2 nitrogen and oxygen atoms in total. The van der Waals surface area contributed by atoms with E-state index in [0.29, 0.717) is 17.2 Å². The SMILES string of the molecule is CNC(c1ccoc1Cl)C1CCC(C)C(C)C1. The molecule has 3 heteroatoms. The third-order valence-electron chi connectivity index (χ3n) is 4.40. The van der Waals surface area contributed by atoms with Crippen LogP contribution in [0.5, 0.6) is 0 Å². The molecule has 1 aliphatic carbocycles. The van der Waals surface area contributed by atoms with Gasteiger partial charge in [0.1, 0.15) is 0 Å². The van der Waals surface area contributed by atoms with Gasteiger partial charge in [-0.05, 0) is 55.3 Å². The Bertz CT molecular complexity index is 363. The largest absolute Gasteiger partial charge is 0.453 e. The summed E-state index contributed by atoms with van der Waals surface area (Å²) in [5.74, 6) is 2.32. The molecular weight excluding hydrogens is 234 g/mol. The van der Waals surface area contributed by atoms with Crippen LogP contribution >= 0.6 is 11.6 Å². The summed E-state index contributed by atoms with van der Waals surface area (Å²) in [5.41, 5.74) is 1.11. The van der Waals surface area contributed by atoms with Gasteiger partial charge in [0.05, 0.1) is 6.26 Å². The second kappa shape index (κ2) is 5.45. The molecule has 4 unspecified atom stereocenters. The monoisotopic (exact) mass is 255 g/mol. The van der Waals surface area contributed by atoms with Crippen LogP contribution in [-0.2, 0) is 0 Å². The number of rotatable bonds is 3. The fourth-order valence-electron chi connectivity index (χ4n) is 3.06. The molecule has 0 bridgehead atoms. The van der Waals surface area contributed by atoms with E-state index < -0.39 is 0 Å². The zero-order valence-electron chi connectivity index (χ0n) is 10.9. The summed E-state index contributed by atoms with van der Waals surface area (Å²) in [5, 5.41) is 3.94. The van der Waals surface area contributed by atoms with Crippen LogP contribution in [0, 0.1) is 17.8 Å². The van der Waals surface area contributed by atoms with Gasteiger partial charge >= 0.3 is 0 Å². The summed E-state index contributed by atoms with van der Waals surface area (Å²) in [6, 6.07) is 2.32. The van der Waals surface area contributed by atoms with E-state index in [1.54, 1.807) is 6.26 Å². The van der Waals surface area contributed by atoms with Gasteiger partial charge in [0.25, 0.3) is 0 Å². The van der Waals surface area contributed by atoms with Crippen LogP contribution in [0.3, 0.4) is 0 Å². The van der Waals surface area contributed by atoms with E-state index in [2.05, 4.69) is 19.2 Å². The van der Waals surface area contributed by atoms with Crippen molar-refractivity contribution < 1.29 is 4.42 Å². The summed E-state index contributed by atoms with van der Waals surface area (Å²) in [7, 11) is 2.01. The molecule has 0 aromatic carbocycles. The zero-order chi connectivity index (χ0) is 12.4. The van der Waals surface area contributed by atoms with Crippen LogP contribution in [0.15, 0.2) is 16.7 Å². The van der Waals surface area contributed by atoms with E-state index in [1.165, 1.54) is 19.3 Å².